The van der Waals surface area contributed by atoms with Gasteiger partial charge in [-0.05, 0) is 50.5 Å². The first kappa shape index (κ1) is 25.4. The van der Waals surface area contributed by atoms with Crippen LogP contribution < -0.4 is 16.2 Å². The SMILES string of the molecule is CN(C)CC1(COc2c(N)c(-c3ccc(F)cc3Cl)c(F)c(N)c2-c2ccc(F)cc2Cl)COC1. The van der Waals surface area contributed by atoms with E-state index in [0.717, 1.165) is 18.2 Å². The van der Waals surface area contributed by atoms with Crippen molar-refractivity contribution >= 4 is 34.6 Å². The van der Waals surface area contributed by atoms with Gasteiger partial charge in [0.05, 0.1) is 52.2 Å². The van der Waals surface area contributed by atoms with Gasteiger partial charge >= 0.3 is 0 Å². The molecule has 0 amide bonds. The standard InChI is InChI=1S/C25H24Cl2F3N3O2/c1-33(2)9-25(10-34-11-25)12-35-24-20(16-6-4-14(29)8-18(16)27)22(31)21(30)19(23(24)32)15-5-3-13(28)7-17(15)26/h3-8H,9-12,31-32H2,1-2H3. The molecule has 4 N–H and O–H groups in total. The summed E-state index contributed by atoms with van der Waals surface area (Å²) in [5.41, 5.74) is 12.3. The summed E-state index contributed by atoms with van der Waals surface area (Å²) < 4.78 is 54.8. The fraction of sp³-hybridized carbons (Fsp3) is 0.280. The molecule has 10 heteroatoms. The molecule has 0 bridgehead atoms. The molecule has 3 aromatic carbocycles. The number of nitrogen functional groups attached to an aromatic ring is 2. The predicted octanol–water partition coefficient (Wildman–Crippen LogP) is 5.87. The highest BCUT2D eigenvalue weighted by molar-refractivity contribution is 6.34. The van der Waals surface area contributed by atoms with E-state index in [9.17, 15) is 8.78 Å². The summed E-state index contributed by atoms with van der Waals surface area (Å²) in [7, 11) is 3.87. The molecule has 5 nitrogen and oxygen atoms in total. The van der Waals surface area contributed by atoms with Gasteiger partial charge < -0.3 is 25.8 Å². The number of hydrogen-bond donors (Lipinski definition) is 2. The Morgan fingerprint density at radius 1 is 0.914 bits per heavy atom. The van der Waals surface area contributed by atoms with Crippen molar-refractivity contribution in [3.8, 4) is 28.0 Å². The fourth-order valence-electron chi connectivity index (χ4n) is 4.31. The molecule has 3 aromatic rings. The van der Waals surface area contributed by atoms with Crippen molar-refractivity contribution in [1.29, 1.82) is 0 Å². The van der Waals surface area contributed by atoms with Gasteiger partial charge in [0.25, 0.3) is 0 Å². The number of nitrogens with two attached hydrogens (primary N) is 2. The molecule has 1 aliphatic rings. The Morgan fingerprint density at radius 3 is 1.91 bits per heavy atom. The third-order valence-corrected chi connectivity index (χ3v) is 6.48. The molecule has 0 radical (unpaired) electrons. The van der Waals surface area contributed by atoms with Gasteiger partial charge in [-0.25, -0.2) is 13.2 Å². The van der Waals surface area contributed by atoms with Crippen LogP contribution in [-0.4, -0.2) is 45.4 Å². The summed E-state index contributed by atoms with van der Waals surface area (Å²) >= 11 is 12.5. The van der Waals surface area contributed by atoms with Gasteiger partial charge in [0.2, 0.25) is 0 Å². The lowest BCUT2D eigenvalue weighted by molar-refractivity contribution is -0.139. The second-order valence-electron chi connectivity index (χ2n) is 8.99. The van der Waals surface area contributed by atoms with Gasteiger partial charge in [-0.1, -0.05) is 23.2 Å². The molecule has 1 heterocycles. The number of benzene rings is 3. The first-order chi connectivity index (χ1) is 16.5. The van der Waals surface area contributed by atoms with Crippen molar-refractivity contribution in [2.45, 2.75) is 0 Å². The van der Waals surface area contributed by atoms with Crippen LogP contribution in [0.15, 0.2) is 36.4 Å². The Labute approximate surface area is 211 Å². The van der Waals surface area contributed by atoms with Crippen LogP contribution in [0.25, 0.3) is 22.3 Å². The molecule has 1 fully saturated rings. The normalized spacial score (nSPS) is 14.7. The largest absolute Gasteiger partial charge is 0.490 e. The molecule has 0 spiro atoms. The monoisotopic (exact) mass is 525 g/mol. The molecular formula is C25H24Cl2F3N3O2. The quantitative estimate of drug-likeness (QED) is 0.377. The maximum absolute atomic E-state index is 15.7. The van der Waals surface area contributed by atoms with Crippen LogP contribution in [0.5, 0.6) is 5.75 Å². The zero-order chi connectivity index (χ0) is 25.5. The Hall–Kier alpha value is -2.65. The van der Waals surface area contributed by atoms with E-state index in [0.29, 0.717) is 19.8 Å². The molecule has 4 rings (SSSR count). The van der Waals surface area contributed by atoms with Crippen LogP contribution in [0.4, 0.5) is 24.5 Å². The summed E-state index contributed by atoms with van der Waals surface area (Å²) in [6.07, 6.45) is 0. The van der Waals surface area contributed by atoms with Crippen molar-refractivity contribution in [2.75, 3.05) is 51.9 Å². The second-order valence-corrected chi connectivity index (χ2v) is 9.80. The van der Waals surface area contributed by atoms with E-state index in [2.05, 4.69) is 0 Å². The van der Waals surface area contributed by atoms with Crippen molar-refractivity contribution in [1.82, 2.24) is 4.90 Å². The number of hydrogen-bond acceptors (Lipinski definition) is 5. The first-order valence-corrected chi connectivity index (χ1v) is 11.4. The maximum atomic E-state index is 15.7. The summed E-state index contributed by atoms with van der Waals surface area (Å²) in [5.74, 6) is -1.97. The summed E-state index contributed by atoms with van der Waals surface area (Å²) in [6.45, 7) is 1.78. The van der Waals surface area contributed by atoms with Gasteiger partial charge in [-0.3, -0.25) is 0 Å². The van der Waals surface area contributed by atoms with Crippen LogP contribution in [0.1, 0.15) is 0 Å². The second kappa shape index (κ2) is 9.78. The number of anilines is 2. The van der Waals surface area contributed by atoms with Gasteiger partial charge in [-0.2, -0.15) is 0 Å². The Balaban J connectivity index is 1.92. The van der Waals surface area contributed by atoms with E-state index in [1.165, 1.54) is 18.2 Å². The van der Waals surface area contributed by atoms with E-state index in [4.69, 9.17) is 44.1 Å². The van der Waals surface area contributed by atoms with Gasteiger partial charge in [0, 0.05) is 23.2 Å². The molecule has 0 atom stereocenters. The first-order valence-electron chi connectivity index (χ1n) is 10.7. The highest BCUT2D eigenvalue weighted by Crippen LogP contribution is 2.50. The van der Waals surface area contributed by atoms with Crippen molar-refractivity contribution in [3.63, 3.8) is 0 Å². The lowest BCUT2D eigenvalue weighted by Gasteiger charge is -2.43. The zero-order valence-electron chi connectivity index (χ0n) is 19.1. The molecule has 35 heavy (non-hydrogen) atoms. The van der Waals surface area contributed by atoms with Crippen LogP contribution in [0.2, 0.25) is 10.0 Å². The van der Waals surface area contributed by atoms with E-state index < -0.39 is 17.5 Å². The minimum Gasteiger partial charge on any atom is -0.490 e. The van der Waals surface area contributed by atoms with Crippen LogP contribution in [0.3, 0.4) is 0 Å². The smallest absolute Gasteiger partial charge is 0.156 e. The number of nitrogens with zero attached hydrogens (tertiary/aromatic N) is 1. The van der Waals surface area contributed by atoms with Crippen molar-refractivity contribution < 1.29 is 22.6 Å². The molecule has 1 saturated heterocycles. The van der Waals surface area contributed by atoms with Crippen molar-refractivity contribution in [3.05, 3.63) is 63.9 Å². The predicted molar refractivity (Wildman–Crippen MR) is 133 cm³/mol. The topological polar surface area (TPSA) is 73.7 Å². The summed E-state index contributed by atoms with van der Waals surface area (Å²) in [4.78, 5) is 2.01. The Kier molecular flexibility index (Phi) is 7.11. The number of rotatable bonds is 7. The zero-order valence-corrected chi connectivity index (χ0v) is 20.6. The van der Waals surface area contributed by atoms with Crippen molar-refractivity contribution in [2.24, 2.45) is 5.41 Å². The number of ether oxygens (including phenoxy) is 2. The highest BCUT2D eigenvalue weighted by Gasteiger charge is 2.41. The minimum absolute atomic E-state index is 0.00268. The molecule has 186 valence electrons. The van der Waals surface area contributed by atoms with Crippen LogP contribution in [-0.2, 0) is 4.74 Å². The third kappa shape index (κ3) is 4.89. The summed E-state index contributed by atoms with van der Waals surface area (Å²) in [6, 6.07) is 7.15. The average Bonchev–Trinajstić information content (AvgIpc) is 2.75. The molecule has 1 aliphatic heterocycles. The third-order valence-electron chi connectivity index (χ3n) is 5.86. The van der Waals surface area contributed by atoms with E-state index in [1.54, 1.807) is 0 Å². The van der Waals surface area contributed by atoms with Gasteiger partial charge in [0.1, 0.15) is 11.6 Å². The minimum atomic E-state index is -0.881. The highest BCUT2D eigenvalue weighted by atomic mass is 35.5. The van der Waals surface area contributed by atoms with Gasteiger partial charge in [0.15, 0.2) is 11.6 Å². The lowest BCUT2D eigenvalue weighted by Crippen LogP contribution is -2.53. The van der Waals surface area contributed by atoms with Gasteiger partial charge in [-0.15, -0.1) is 0 Å². The molecule has 0 unspecified atom stereocenters. The average molecular weight is 526 g/mol. The molecular weight excluding hydrogens is 502 g/mol. The molecule has 0 saturated carbocycles. The fourth-order valence-corrected chi connectivity index (χ4v) is 4.83. The van der Waals surface area contributed by atoms with Crippen LogP contribution in [0, 0.1) is 22.9 Å². The van der Waals surface area contributed by atoms with E-state index in [-0.39, 0.29) is 61.4 Å². The van der Waals surface area contributed by atoms with E-state index >= 15 is 4.39 Å². The molecule has 0 aliphatic carbocycles. The maximum Gasteiger partial charge on any atom is 0.156 e. The summed E-state index contributed by atoms with van der Waals surface area (Å²) in [5, 5.41) is -0.0483. The Bertz CT molecular complexity index is 1280. The number of halogens is 5. The lowest BCUT2D eigenvalue weighted by atomic mass is 9.86. The van der Waals surface area contributed by atoms with E-state index in [1.807, 2.05) is 19.0 Å². The Morgan fingerprint density at radius 2 is 1.46 bits per heavy atom. The molecule has 0 aromatic heterocycles. The van der Waals surface area contributed by atoms with Crippen LogP contribution >= 0.6 is 23.2 Å².